The van der Waals surface area contributed by atoms with Crippen molar-refractivity contribution in [3.8, 4) is 5.75 Å². The van der Waals surface area contributed by atoms with E-state index in [1.807, 2.05) is 4.57 Å². The van der Waals surface area contributed by atoms with Crippen LogP contribution in [0, 0.1) is 0 Å². The Morgan fingerprint density at radius 2 is 2.04 bits per heavy atom. The Morgan fingerprint density at radius 3 is 2.64 bits per heavy atom. The summed E-state index contributed by atoms with van der Waals surface area (Å²) in [4.78, 5) is 12.2. The summed E-state index contributed by atoms with van der Waals surface area (Å²) < 4.78 is 42.1. The highest BCUT2D eigenvalue weighted by Crippen LogP contribution is 2.38. The number of aromatic nitrogens is 3. The lowest BCUT2D eigenvalue weighted by Gasteiger charge is -2.13. The van der Waals surface area contributed by atoms with E-state index in [-0.39, 0.29) is 11.7 Å². The Bertz CT molecular complexity index is 744. The van der Waals surface area contributed by atoms with Crippen molar-refractivity contribution in [2.24, 2.45) is 0 Å². The molecular weight excluding hydrogens is 357 g/mol. The Labute approximate surface area is 145 Å². The molecule has 1 heterocycles. The van der Waals surface area contributed by atoms with Crippen LogP contribution in [0.3, 0.4) is 0 Å². The van der Waals surface area contributed by atoms with Crippen molar-refractivity contribution < 1.29 is 22.7 Å². The molecule has 0 spiro atoms. The zero-order valence-electron chi connectivity index (χ0n) is 13.2. The van der Waals surface area contributed by atoms with Gasteiger partial charge in [-0.25, -0.2) is 0 Å². The highest BCUT2D eigenvalue weighted by atomic mass is 32.2. The van der Waals surface area contributed by atoms with Crippen LogP contribution in [0.5, 0.6) is 5.75 Å². The number of hydrogen-bond donors (Lipinski definition) is 1. The van der Waals surface area contributed by atoms with Crippen molar-refractivity contribution in [1.82, 2.24) is 14.8 Å². The van der Waals surface area contributed by atoms with Gasteiger partial charge in [-0.15, -0.1) is 23.4 Å². The number of nitrogens with one attached hydrogen (secondary N) is 1. The van der Waals surface area contributed by atoms with E-state index in [4.69, 9.17) is 0 Å². The Hall–Kier alpha value is -2.23. The zero-order chi connectivity index (χ0) is 18.0. The van der Waals surface area contributed by atoms with Gasteiger partial charge in [0.05, 0.1) is 5.25 Å². The summed E-state index contributed by atoms with van der Waals surface area (Å²) in [5, 5.41) is 10.8. The monoisotopic (exact) mass is 372 g/mol. The second-order valence-electron chi connectivity index (χ2n) is 5.57. The van der Waals surface area contributed by atoms with Crippen LogP contribution in [0.1, 0.15) is 25.8 Å². The average molecular weight is 372 g/mol. The largest absolute Gasteiger partial charge is 0.573 e. The first-order valence-electron chi connectivity index (χ1n) is 7.54. The predicted octanol–water partition coefficient (Wildman–Crippen LogP) is 3.63. The number of benzene rings is 1. The molecule has 1 aliphatic rings. The third kappa shape index (κ3) is 4.88. The molecule has 1 amide bonds. The summed E-state index contributed by atoms with van der Waals surface area (Å²) in [6.45, 7) is 1.73. The molecule has 0 bridgehead atoms. The van der Waals surface area contributed by atoms with Gasteiger partial charge in [0.1, 0.15) is 12.1 Å². The number of alkyl halides is 3. The minimum absolute atomic E-state index is 0.278. The summed E-state index contributed by atoms with van der Waals surface area (Å²) in [7, 11) is 0. The standard InChI is InChI=1S/C15H15F3N4O2S/c1-9(25-14-21-19-8-22(14)11-4-5-11)13(23)20-10-2-6-12(7-3-10)24-15(16,17)18/h2-3,6-9,11H,4-5H2,1H3,(H,20,23)/t9-/m1/s1. The number of rotatable bonds is 6. The van der Waals surface area contributed by atoms with Crippen molar-refractivity contribution in [2.45, 2.75) is 42.6 Å². The SMILES string of the molecule is C[C@@H](Sc1nncn1C1CC1)C(=O)Nc1ccc(OC(F)(F)F)cc1. The molecule has 0 aliphatic heterocycles. The molecule has 2 aromatic rings. The van der Waals surface area contributed by atoms with E-state index in [1.165, 1.54) is 23.9 Å². The van der Waals surface area contributed by atoms with Gasteiger partial charge in [-0.2, -0.15) is 0 Å². The van der Waals surface area contributed by atoms with Crippen LogP contribution in [0.4, 0.5) is 18.9 Å². The number of hydrogen-bond acceptors (Lipinski definition) is 5. The van der Waals surface area contributed by atoms with Crippen LogP contribution in [0.25, 0.3) is 0 Å². The average Bonchev–Trinajstić information content (AvgIpc) is 3.27. The molecule has 1 saturated carbocycles. The van der Waals surface area contributed by atoms with E-state index in [9.17, 15) is 18.0 Å². The quantitative estimate of drug-likeness (QED) is 0.784. The molecule has 3 rings (SSSR count). The summed E-state index contributed by atoms with van der Waals surface area (Å²) >= 11 is 1.29. The molecule has 1 aromatic carbocycles. The van der Waals surface area contributed by atoms with E-state index in [0.29, 0.717) is 16.9 Å². The van der Waals surface area contributed by atoms with Crippen molar-refractivity contribution in [3.05, 3.63) is 30.6 Å². The van der Waals surface area contributed by atoms with Crippen molar-refractivity contribution >= 4 is 23.4 Å². The molecule has 10 heteroatoms. The molecule has 1 aromatic heterocycles. The van der Waals surface area contributed by atoms with Crippen LogP contribution >= 0.6 is 11.8 Å². The molecule has 6 nitrogen and oxygen atoms in total. The van der Waals surface area contributed by atoms with Crippen LogP contribution in [0.15, 0.2) is 35.7 Å². The van der Waals surface area contributed by atoms with Gasteiger partial charge in [-0.1, -0.05) is 11.8 Å². The van der Waals surface area contributed by atoms with Crippen LogP contribution in [0.2, 0.25) is 0 Å². The fraction of sp³-hybridized carbons (Fsp3) is 0.400. The molecule has 1 atom stereocenters. The first kappa shape index (κ1) is 17.6. The normalized spacial score (nSPS) is 15.7. The maximum atomic E-state index is 12.2. The summed E-state index contributed by atoms with van der Waals surface area (Å²) in [5.74, 6) is -0.620. The van der Waals surface area contributed by atoms with Gasteiger partial charge >= 0.3 is 6.36 Å². The van der Waals surface area contributed by atoms with Crippen molar-refractivity contribution in [1.29, 1.82) is 0 Å². The van der Waals surface area contributed by atoms with Crippen LogP contribution in [-0.2, 0) is 4.79 Å². The van der Waals surface area contributed by atoms with Crippen LogP contribution < -0.4 is 10.1 Å². The minimum Gasteiger partial charge on any atom is -0.406 e. The van der Waals surface area contributed by atoms with E-state index in [0.717, 1.165) is 25.0 Å². The van der Waals surface area contributed by atoms with Gasteiger partial charge < -0.3 is 14.6 Å². The molecule has 25 heavy (non-hydrogen) atoms. The first-order valence-corrected chi connectivity index (χ1v) is 8.42. The smallest absolute Gasteiger partial charge is 0.406 e. The predicted molar refractivity (Wildman–Crippen MR) is 85.4 cm³/mol. The topological polar surface area (TPSA) is 69.0 Å². The molecular formula is C15H15F3N4O2S. The Kier molecular flexibility index (Phi) is 4.89. The zero-order valence-corrected chi connectivity index (χ0v) is 14.0. The fourth-order valence-corrected chi connectivity index (χ4v) is 3.01. The molecule has 0 radical (unpaired) electrons. The van der Waals surface area contributed by atoms with E-state index in [2.05, 4.69) is 20.3 Å². The lowest BCUT2D eigenvalue weighted by molar-refractivity contribution is -0.274. The fourth-order valence-electron chi connectivity index (χ4n) is 2.11. The second kappa shape index (κ2) is 6.95. The molecule has 134 valence electrons. The Balaban J connectivity index is 1.56. The number of anilines is 1. The lowest BCUT2D eigenvalue weighted by atomic mass is 10.3. The minimum atomic E-state index is -4.74. The van der Waals surface area contributed by atoms with Crippen LogP contribution in [-0.4, -0.2) is 32.3 Å². The molecule has 1 aliphatic carbocycles. The summed E-state index contributed by atoms with van der Waals surface area (Å²) in [6, 6.07) is 5.40. The van der Waals surface area contributed by atoms with Gasteiger partial charge in [-0.05, 0) is 44.0 Å². The number of amides is 1. The number of halogens is 3. The van der Waals surface area contributed by atoms with Gasteiger partial charge in [0, 0.05) is 11.7 Å². The van der Waals surface area contributed by atoms with Crippen molar-refractivity contribution in [2.75, 3.05) is 5.32 Å². The number of ether oxygens (including phenoxy) is 1. The van der Waals surface area contributed by atoms with Crippen molar-refractivity contribution in [3.63, 3.8) is 0 Å². The molecule has 1 N–H and O–H groups in total. The lowest BCUT2D eigenvalue weighted by Crippen LogP contribution is -2.23. The van der Waals surface area contributed by atoms with Gasteiger partial charge in [0.2, 0.25) is 5.91 Å². The number of carbonyl (C=O) groups excluding carboxylic acids is 1. The third-order valence-corrected chi connectivity index (χ3v) is 4.56. The number of thioether (sulfide) groups is 1. The number of nitrogens with zero attached hydrogens (tertiary/aromatic N) is 3. The Morgan fingerprint density at radius 1 is 1.36 bits per heavy atom. The van der Waals surface area contributed by atoms with E-state index >= 15 is 0 Å². The van der Waals surface area contributed by atoms with Gasteiger partial charge in [0.25, 0.3) is 0 Å². The molecule has 0 saturated heterocycles. The molecule has 1 fully saturated rings. The maximum absolute atomic E-state index is 12.2. The summed E-state index contributed by atoms with van der Waals surface area (Å²) in [5.41, 5.74) is 0.385. The highest BCUT2D eigenvalue weighted by Gasteiger charge is 2.31. The maximum Gasteiger partial charge on any atom is 0.573 e. The highest BCUT2D eigenvalue weighted by molar-refractivity contribution is 8.00. The van der Waals surface area contributed by atoms with Gasteiger partial charge in [-0.3, -0.25) is 4.79 Å². The first-order chi connectivity index (χ1) is 11.8. The summed E-state index contributed by atoms with van der Waals surface area (Å²) in [6.07, 6.45) is -0.922. The van der Waals surface area contributed by atoms with E-state index in [1.54, 1.807) is 13.3 Å². The third-order valence-electron chi connectivity index (χ3n) is 3.49. The molecule has 0 unspecified atom stereocenters. The van der Waals surface area contributed by atoms with Gasteiger partial charge in [0.15, 0.2) is 5.16 Å². The second-order valence-corrected chi connectivity index (χ2v) is 6.88. The van der Waals surface area contributed by atoms with E-state index < -0.39 is 11.6 Å². The number of carbonyl (C=O) groups is 1.